The Hall–Kier alpha value is -0.170. The highest BCUT2D eigenvalue weighted by Crippen LogP contribution is 2.12. The Bertz CT molecular complexity index is 375. The predicted molar refractivity (Wildman–Crippen MR) is 110 cm³/mol. The predicted octanol–water partition coefficient (Wildman–Crippen LogP) is 5.57. The van der Waals surface area contributed by atoms with Gasteiger partial charge in [-0.2, -0.15) is 0 Å². The Kier molecular flexibility index (Phi) is 19.6. The van der Waals surface area contributed by atoms with Crippen LogP contribution in [-0.2, 0) is 10.4 Å². The molecule has 1 N–H and O–H groups in total. The molecule has 0 atom stereocenters. The molecule has 5 nitrogen and oxygen atoms in total. The van der Waals surface area contributed by atoms with Gasteiger partial charge in [0.2, 0.25) is 10.4 Å². The third-order valence-corrected chi connectivity index (χ3v) is 4.73. The van der Waals surface area contributed by atoms with Crippen LogP contribution in [0.2, 0.25) is 0 Å². The van der Waals surface area contributed by atoms with E-state index in [0.29, 0.717) is 0 Å². The summed E-state index contributed by atoms with van der Waals surface area (Å²) >= 11 is 0. The topological polar surface area (TPSA) is 77.4 Å². The molecule has 0 amide bonds. The van der Waals surface area contributed by atoms with Crippen molar-refractivity contribution in [1.29, 1.82) is 0 Å². The third kappa shape index (κ3) is 31.6. The lowest BCUT2D eigenvalue weighted by molar-refractivity contribution is -0.890. The van der Waals surface area contributed by atoms with Gasteiger partial charge < -0.3 is 9.04 Å². The van der Waals surface area contributed by atoms with E-state index in [0.717, 1.165) is 0 Å². The number of quaternary nitrogens is 1. The van der Waals surface area contributed by atoms with E-state index in [2.05, 4.69) is 27.9 Å². The second-order valence-corrected chi connectivity index (χ2v) is 8.91. The van der Waals surface area contributed by atoms with Crippen LogP contribution in [-0.4, -0.2) is 49.2 Å². The molecule has 0 aromatic heterocycles. The fourth-order valence-corrected chi connectivity index (χ4v) is 3.11. The summed E-state index contributed by atoms with van der Waals surface area (Å²) in [6, 6.07) is 0. The van der Waals surface area contributed by atoms with Crippen molar-refractivity contribution < 1.29 is 22.0 Å². The van der Waals surface area contributed by atoms with Crippen LogP contribution in [0.5, 0.6) is 0 Å². The summed E-state index contributed by atoms with van der Waals surface area (Å²) in [5, 5.41) is 0. The van der Waals surface area contributed by atoms with E-state index in [-0.39, 0.29) is 0 Å². The van der Waals surface area contributed by atoms with E-state index >= 15 is 0 Å². The molecule has 0 saturated heterocycles. The van der Waals surface area contributed by atoms with Crippen LogP contribution in [0.15, 0.2) is 0 Å². The summed E-state index contributed by atoms with van der Waals surface area (Å²) in [5.41, 5.74) is 0. The summed E-state index contributed by atoms with van der Waals surface area (Å²) < 4.78 is 34.1. The molecule has 0 fully saturated rings. The van der Waals surface area contributed by atoms with Crippen LogP contribution in [0.1, 0.15) is 104 Å². The highest BCUT2D eigenvalue weighted by Gasteiger charge is 2.13. The van der Waals surface area contributed by atoms with Gasteiger partial charge in [-0.3, -0.25) is 4.55 Å². The maximum Gasteiger partial charge on any atom is 0.215 e. The average molecular weight is 396 g/mol. The highest BCUT2D eigenvalue weighted by molar-refractivity contribution is 7.79. The number of hydrogen-bond donors (Lipinski definition) is 1. The van der Waals surface area contributed by atoms with E-state index in [1.807, 2.05) is 0 Å². The monoisotopic (exact) mass is 395 g/mol. The first kappa shape index (κ1) is 28.0. The smallest absolute Gasteiger partial charge is 0.215 e. The molecule has 0 saturated carbocycles. The van der Waals surface area contributed by atoms with Gasteiger partial charge in [-0.1, -0.05) is 78.1 Å². The zero-order valence-electron chi connectivity index (χ0n) is 17.8. The molecule has 0 rings (SSSR count). The van der Waals surface area contributed by atoms with E-state index in [9.17, 15) is 0 Å². The van der Waals surface area contributed by atoms with Crippen molar-refractivity contribution in [1.82, 2.24) is 0 Å². The minimum absolute atomic E-state index is 1.23. The van der Waals surface area contributed by atoms with Crippen LogP contribution in [0.25, 0.3) is 0 Å². The van der Waals surface area contributed by atoms with Gasteiger partial charge in [0, 0.05) is 0 Å². The molecule has 0 unspecified atom stereocenters. The van der Waals surface area contributed by atoms with Gasteiger partial charge in [-0.25, -0.2) is 8.42 Å². The van der Waals surface area contributed by atoms with Crippen molar-refractivity contribution in [3.63, 3.8) is 0 Å². The van der Waals surface area contributed by atoms with Gasteiger partial charge in [0.25, 0.3) is 0 Å². The van der Waals surface area contributed by atoms with Gasteiger partial charge in [-0.15, -0.1) is 0 Å². The van der Waals surface area contributed by atoms with Gasteiger partial charge >= 0.3 is 0 Å². The maximum atomic E-state index is 8.63. The van der Waals surface area contributed by atoms with Crippen molar-refractivity contribution >= 4 is 10.4 Å². The molecule has 0 heterocycles. The van der Waals surface area contributed by atoms with Crippen LogP contribution < -0.4 is 0 Å². The Morgan fingerprint density at radius 3 is 1.23 bits per heavy atom. The zero-order valence-corrected chi connectivity index (χ0v) is 18.7. The number of hydrogen-bond acceptors (Lipinski definition) is 3. The number of unbranched alkanes of at least 4 members (excludes halogenated alkanes) is 12. The lowest BCUT2D eigenvalue weighted by Crippen LogP contribution is -2.41. The first-order chi connectivity index (χ1) is 12.1. The van der Waals surface area contributed by atoms with E-state index in [1.165, 1.54) is 107 Å². The second kappa shape index (κ2) is 18.2. The van der Waals surface area contributed by atoms with Crippen LogP contribution in [0, 0.1) is 0 Å². The maximum absolute atomic E-state index is 8.63. The summed E-state index contributed by atoms with van der Waals surface area (Å²) in [7, 11) is -0.0993. The van der Waals surface area contributed by atoms with Gasteiger partial charge in [0.1, 0.15) is 0 Å². The Balaban J connectivity index is 0. The van der Waals surface area contributed by atoms with E-state index < -0.39 is 10.4 Å². The molecule has 0 radical (unpaired) electrons. The molecule has 0 spiro atoms. The van der Waals surface area contributed by atoms with Crippen LogP contribution in [0.4, 0.5) is 0 Å². The van der Waals surface area contributed by atoms with E-state index in [4.69, 9.17) is 17.5 Å². The molecule has 0 aliphatic heterocycles. The molecular formula is C20H45NO4S. The largest absolute Gasteiger partial charge is 0.726 e. The molecule has 0 aromatic rings. The van der Waals surface area contributed by atoms with Gasteiger partial charge in [-0.05, 0) is 25.7 Å². The molecule has 26 heavy (non-hydrogen) atoms. The summed E-state index contributed by atoms with van der Waals surface area (Å²) in [6.07, 6.45) is 20.1. The van der Waals surface area contributed by atoms with Crippen molar-refractivity contribution in [2.24, 2.45) is 0 Å². The molecule has 0 aliphatic carbocycles. The zero-order chi connectivity index (χ0) is 20.3. The SMILES string of the molecule is CCCCCCCCCCCCC[N+](C)(C)CCCCC.O=S(=O)([O-])O. The molecule has 0 aliphatic rings. The number of rotatable bonds is 16. The first-order valence-electron chi connectivity index (χ1n) is 10.6. The Labute approximate surface area is 163 Å². The lowest BCUT2D eigenvalue weighted by Gasteiger charge is -2.29. The minimum atomic E-state index is -4.92. The second-order valence-electron chi connectivity index (χ2n) is 8.05. The first-order valence-corrected chi connectivity index (χ1v) is 12.0. The van der Waals surface area contributed by atoms with Gasteiger partial charge in [0.05, 0.1) is 27.2 Å². The normalized spacial score (nSPS) is 11.9. The fraction of sp³-hybridized carbons (Fsp3) is 1.00. The third-order valence-electron chi connectivity index (χ3n) is 4.73. The summed E-state index contributed by atoms with van der Waals surface area (Å²) in [4.78, 5) is 0. The molecule has 160 valence electrons. The molecule has 6 heteroatoms. The lowest BCUT2D eigenvalue weighted by atomic mass is 10.1. The Morgan fingerprint density at radius 2 is 0.885 bits per heavy atom. The molecular weight excluding hydrogens is 350 g/mol. The summed E-state index contributed by atoms with van der Waals surface area (Å²) in [5.74, 6) is 0. The standard InChI is InChI=1S/C20H44N.H2O4S/c1-5-7-9-10-11-12-13-14-15-16-18-20-21(3,4)19-17-8-6-2;1-5(2,3)4/h5-20H2,1-4H3;(H2,1,2,3,4)/q+1;/p-1. The fourth-order valence-electron chi connectivity index (χ4n) is 3.11. The minimum Gasteiger partial charge on any atom is -0.726 e. The highest BCUT2D eigenvalue weighted by atomic mass is 32.3. The number of nitrogens with zero attached hydrogens (tertiary/aromatic N) is 1. The van der Waals surface area contributed by atoms with Gasteiger partial charge in [0.15, 0.2) is 0 Å². The van der Waals surface area contributed by atoms with Crippen molar-refractivity contribution in [2.75, 3.05) is 27.2 Å². The van der Waals surface area contributed by atoms with Crippen LogP contribution in [0.3, 0.4) is 0 Å². The van der Waals surface area contributed by atoms with Crippen molar-refractivity contribution in [3.8, 4) is 0 Å². The Morgan fingerprint density at radius 1 is 0.654 bits per heavy atom. The van der Waals surface area contributed by atoms with E-state index in [1.54, 1.807) is 0 Å². The van der Waals surface area contributed by atoms with Crippen molar-refractivity contribution in [2.45, 2.75) is 104 Å². The van der Waals surface area contributed by atoms with Crippen molar-refractivity contribution in [3.05, 3.63) is 0 Å². The molecule has 0 bridgehead atoms. The quantitative estimate of drug-likeness (QED) is 0.160. The summed E-state index contributed by atoms with van der Waals surface area (Å²) in [6.45, 7) is 7.33. The average Bonchev–Trinajstić information content (AvgIpc) is 2.51. The molecule has 0 aromatic carbocycles. The van der Waals surface area contributed by atoms with Crippen LogP contribution >= 0.6 is 0 Å².